The third kappa shape index (κ3) is 2.13. The molecule has 0 saturated carbocycles. The average Bonchev–Trinajstić information content (AvgIpc) is 3.19. The van der Waals surface area contributed by atoms with Crippen molar-refractivity contribution in [1.82, 2.24) is 20.0 Å². The van der Waals surface area contributed by atoms with Crippen molar-refractivity contribution in [3.05, 3.63) is 52.3 Å². The van der Waals surface area contributed by atoms with Gasteiger partial charge in [-0.05, 0) is 23.6 Å². The van der Waals surface area contributed by atoms with Crippen LogP contribution in [-0.2, 0) is 6.54 Å². The SMILES string of the molecule is c1csc(Cn2cc(-c3ccc4scnc4c3)nn2)c1. The van der Waals surface area contributed by atoms with Gasteiger partial charge in [-0.1, -0.05) is 17.3 Å². The normalized spacial score (nSPS) is 11.2. The molecule has 1 aromatic carbocycles. The molecule has 0 aliphatic rings. The Balaban J connectivity index is 1.66. The number of rotatable bonds is 3. The molecule has 0 saturated heterocycles. The van der Waals surface area contributed by atoms with Crippen LogP contribution in [-0.4, -0.2) is 20.0 Å². The molecular weight excluding hydrogens is 288 g/mol. The number of hydrogen-bond acceptors (Lipinski definition) is 5. The quantitative estimate of drug-likeness (QED) is 0.579. The van der Waals surface area contributed by atoms with Crippen LogP contribution in [0.4, 0.5) is 0 Å². The summed E-state index contributed by atoms with van der Waals surface area (Å²) >= 11 is 3.38. The fraction of sp³-hybridized carbons (Fsp3) is 0.0714. The number of aromatic nitrogens is 4. The lowest BCUT2D eigenvalue weighted by Gasteiger charge is -1.96. The van der Waals surface area contributed by atoms with Crippen LogP contribution in [0.1, 0.15) is 4.88 Å². The van der Waals surface area contributed by atoms with Gasteiger partial charge in [0.15, 0.2) is 0 Å². The molecule has 4 aromatic rings. The number of hydrogen-bond donors (Lipinski definition) is 0. The molecule has 0 aliphatic carbocycles. The number of nitrogens with zero attached hydrogens (tertiary/aromatic N) is 4. The van der Waals surface area contributed by atoms with Crippen molar-refractivity contribution in [1.29, 1.82) is 0 Å². The van der Waals surface area contributed by atoms with E-state index >= 15 is 0 Å². The van der Waals surface area contributed by atoms with Crippen molar-refractivity contribution in [3.8, 4) is 11.3 Å². The molecule has 0 atom stereocenters. The Hall–Kier alpha value is -2.05. The van der Waals surface area contributed by atoms with E-state index in [1.54, 1.807) is 22.7 Å². The highest BCUT2D eigenvalue weighted by atomic mass is 32.1. The third-order valence-corrected chi connectivity index (χ3v) is 4.73. The van der Waals surface area contributed by atoms with Gasteiger partial charge in [0.2, 0.25) is 0 Å². The minimum absolute atomic E-state index is 0.767. The fourth-order valence-corrected chi connectivity index (χ4v) is 3.44. The summed E-state index contributed by atoms with van der Waals surface area (Å²) in [6.45, 7) is 0.767. The van der Waals surface area contributed by atoms with Crippen LogP contribution in [0.25, 0.3) is 21.5 Å². The Bertz CT molecular complexity index is 845. The fourth-order valence-electron chi connectivity index (χ4n) is 2.09. The van der Waals surface area contributed by atoms with E-state index in [1.807, 2.05) is 22.5 Å². The van der Waals surface area contributed by atoms with E-state index < -0.39 is 0 Å². The molecule has 6 heteroatoms. The molecule has 3 aromatic heterocycles. The predicted octanol–water partition coefficient (Wildman–Crippen LogP) is 3.66. The predicted molar refractivity (Wildman–Crippen MR) is 82.1 cm³/mol. The van der Waals surface area contributed by atoms with Gasteiger partial charge in [0.25, 0.3) is 0 Å². The summed E-state index contributed by atoms with van der Waals surface area (Å²) in [5.74, 6) is 0. The lowest BCUT2D eigenvalue weighted by Crippen LogP contribution is -1.97. The molecule has 20 heavy (non-hydrogen) atoms. The molecule has 0 spiro atoms. The summed E-state index contributed by atoms with van der Waals surface area (Å²) in [4.78, 5) is 5.61. The van der Waals surface area contributed by atoms with E-state index in [9.17, 15) is 0 Å². The summed E-state index contributed by atoms with van der Waals surface area (Å²) in [7, 11) is 0. The standard InChI is InChI=1S/C14H10N4S2/c1-2-11(19-5-1)7-18-8-13(16-17-18)10-3-4-14-12(6-10)15-9-20-14/h1-6,8-9H,7H2. The van der Waals surface area contributed by atoms with Crippen LogP contribution in [0.3, 0.4) is 0 Å². The first-order chi connectivity index (χ1) is 9.88. The first-order valence-corrected chi connectivity index (χ1v) is 7.90. The maximum atomic E-state index is 4.34. The van der Waals surface area contributed by atoms with E-state index in [0.717, 1.165) is 23.3 Å². The summed E-state index contributed by atoms with van der Waals surface area (Å²) in [6, 6.07) is 10.4. The minimum Gasteiger partial charge on any atom is -0.247 e. The molecule has 4 nitrogen and oxygen atoms in total. The van der Waals surface area contributed by atoms with E-state index in [4.69, 9.17) is 0 Å². The van der Waals surface area contributed by atoms with Crippen molar-refractivity contribution in [2.45, 2.75) is 6.54 Å². The van der Waals surface area contributed by atoms with Gasteiger partial charge in [0, 0.05) is 10.4 Å². The van der Waals surface area contributed by atoms with E-state index in [-0.39, 0.29) is 0 Å². The second-order valence-corrected chi connectivity index (χ2v) is 6.33. The van der Waals surface area contributed by atoms with Crippen molar-refractivity contribution in [2.75, 3.05) is 0 Å². The molecular formula is C14H10N4S2. The van der Waals surface area contributed by atoms with Gasteiger partial charge in [0.1, 0.15) is 5.69 Å². The monoisotopic (exact) mass is 298 g/mol. The molecule has 0 radical (unpaired) electrons. The number of thiazole rings is 1. The van der Waals surface area contributed by atoms with Gasteiger partial charge in [-0.15, -0.1) is 27.8 Å². The smallest absolute Gasteiger partial charge is 0.113 e. The van der Waals surface area contributed by atoms with Crippen molar-refractivity contribution in [3.63, 3.8) is 0 Å². The summed E-state index contributed by atoms with van der Waals surface area (Å²) in [5.41, 5.74) is 4.82. The van der Waals surface area contributed by atoms with Crippen LogP contribution in [0.5, 0.6) is 0 Å². The van der Waals surface area contributed by atoms with Crippen molar-refractivity contribution >= 4 is 32.9 Å². The molecule has 0 unspecified atom stereocenters. The third-order valence-electron chi connectivity index (χ3n) is 3.06. The average molecular weight is 298 g/mol. The van der Waals surface area contributed by atoms with Crippen LogP contribution in [0.2, 0.25) is 0 Å². The Kier molecular flexibility index (Phi) is 2.82. The Morgan fingerprint density at radius 2 is 2.15 bits per heavy atom. The van der Waals surface area contributed by atoms with Gasteiger partial charge in [-0.25, -0.2) is 9.67 Å². The van der Waals surface area contributed by atoms with Crippen LogP contribution >= 0.6 is 22.7 Å². The van der Waals surface area contributed by atoms with E-state index in [2.05, 4.69) is 44.9 Å². The number of thiophene rings is 1. The van der Waals surface area contributed by atoms with Crippen molar-refractivity contribution < 1.29 is 0 Å². The van der Waals surface area contributed by atoms with Crippen LogP contribution < -0.4 is 0 Å². The summed E-state index contributed by atoms with van der Waals surface area (Å²) in [5, 5.41) is 10.5. The second-order valence-electron chi connectivity index (χ2n) is 4.42. The summed E-state index contributed by atoms with van der Waals surface area (Å²) in [6.07, 6.45) is 1.98. The second kappa shape index (κ2) is 4.81. The van der Waals surface area contributed by atoms with E-state index in [1.165, 1.54) is 9.58 Å². The topological polar surface area (TPSA) is 43.6 Å². The molecule has 0 bridgehead atoms. The van der Waals surface area contributed by atoms with Gasteiger partial charge in [-0.3, -0.25) is 0 Å². The van der Waals surface area contributed by atoms with Crippen LogP contribution in [0, 0.1) is 0 Å². The lowest BCUT2D eigenvalue weighted by atomic mass is 10.1. The maximum absolute atomic E-state index is 4.34. The number of benzene rings is 1. The molecule has 0 fully saturated rings. The molecule has 98 valence electrons. The highest BCUT2D eigenvalue weighted by Gasteiger charge is 2.06. The Morgan fingerprint density at radius 3 is 3.05 bits per heavy atom. The molecule has 3 heterocycles. The molecule has 0 aliphatic heterocycles. The zero-order chi connectivity index (χ0) is 13.4. The Morgan fingerprint density at radius 1 is 1.15 bits per heavy atom. The minimum atomic E-state index is 0.767. The lowest BCUT2D eigenvalue weighted by molar-refractivity contribution is 0.656. The largest absolute Gasteiger partial charge is 0.247 e. The summed E-state index contributed by atoms with van der Waals surface area (Å²) < 4.78 is 3.06. The van der Waals surface area contributed by atoms with E-state index in [0.29, 0.717) is 0 Å². The molecule has 0 N–H and O–H groups in total. The van der Waals surface area contributed by atoms with Gasteiger partial charge in [0.05, 0.1) is 28.5 Å². The van der Waals surface area contributed by atoms with Crippen molar-refractivity contribution in [2.24, 2.45) is 0 Å². The Labute approximate surface area is 123 Å². The van der Waals surface area contributed by atoms with Gasteiger partial charge in [-0.2, -0.15) is 0 Å². The first-order valence-electron chi connectivity index (χ1n) is 6.15. The van der Waals surface area contributed by atoms with Gasteiger partial charge >= 0.3 is 0 Å². The van der Waals surface area contributed by atoms with Crippen LogP contribution in [0.15, 0.2) is 47.4 Å². The molecule has 4 rings (SSSR count). The highest BCUT2D eigenvalue weighted by Crippen LogP contribution is 2.24. The zero-order valence-corrected chi connectivity index (χ0v) is 12.1. The first kappa shape index (κ1) is 11.7. The molecule has 0 amide bonds. The maximum Gasteiger partial charge on any atom is 0.113 e. The number of fused-ring (bicyclic) bond motifs is 1. The van der Waals surface area contributed by atoms with Gasteiger partial charge < -0.3 is 0 Å². The highest BCUT2D eigenvalue weighted by molar-refractivity contribution is 7.16. The zero-order valence-electron chi connectivity index (χ0n) is 10.4.